The monoisotopic (exact) mass is 306 g/mol. The van der Waals surface area contributed by atoms with Gasteiger partial charge < -0.3 is 14.7 Å². The number of carbonyl (C=O) groups excluding carboxylic acids is 1. The van der Waals surface area contributed by atoms with Crippen LogP contribution in [0.1, 0.15) is 46.8 Å². The SMILES string of the molecule is [2H]OC([2H])(C)C(C(=O)OC1([2H])CC2CC[C@H](C1)N2C)c1ccccc1. The molecule has 3 rings (SSSR count). The van der Waals surface area contributed by atoms with Crippen LogP contribution in [-0.2, 0) is 9.53 Å². The summed E-state index contributed by atoms with van der Waals surface area (Å²) in [5.74, 6) is -1.75. The molecule has 22 heavy (non-hydrogen) atoms. The van der Waals surface area contributed by atoms with E-state index in [4.69, 9.17) is 8.91 Å². The van der Waals surface area contributed by atoms with E-state index in [-0.39, 0.29) is 12.1 Å². The summed E-state index contributed by atoms with van der Waals surface area (Å²) in [6.07, 6.45) is -0.0753. The molecule has 0 spiro atoms. The van der Waals surface area contributed by atoms with Gasteiger partial charge in [-0.2, -0.15) is 0 Å². The van der Waals surface area contributed by atoms with Gasteiger partial charge in [-0.15, -0.1) is 0 Å². The standard InChI is InChI=1S/C18H25NO3/c1-12(20)17(13-6-4-3-5-7-13)18(21)22-16-10-14-8-9-15(11-16)19(14)2/h3-7,12,14-17,20H,8-11H2,1-2H3/t12?,14-,15?,16?,17?/m1/s1/i12D,16D,20D. The Morgan fingerprint density at radius 1 is 1.41 bits per heavy atom. The number of aliphatic hydroxyl groups is 1. The molecule has 1 aromatic rings. The van der Waals surface area contributed by atoms with E-state index in [2.05, 4.69) is 17.1 Å². The van der Waals surface area contributed by atoms with Crippen molar-refractivity contribution < 1.29 is 17.4 Å². The van der Waals surface area contributed by atoms with Crippen LogP contribution in [-0.4, -0.2) is 48.7 Å². The molecule has 120 valence electrons. The maximum atomic E-state index is 12.9. The molecule has 4 unspecified atom stereocenters. The fraction of sp³-hybridized carbons (Fsp3) is 0.611. The van der Waals surface area contributed by atoms with Crippen molar-refractivity contribution in [3.05, 3.63) is 35.9 Å². The highest BCUT2D eigenvalue weighted by molar-refractivity contribution is 5.79. The quantitative estimate of drug-likeness (QED) is 0.848. The van der Waals surface area contributed by atoms with Gasteiger partial charge in [0.25, 0.3) is 0 Å². The Morgan fingerprint density at radius 2 is 2.05 bits per heavy atom. The molecule has 0 saturated carbocycles. The number of nitrogens with zero attached hydrogens (tertiary/aromatic N) is 1. The van der Waals surface area contributed by atoms with Crippen molar-refractivity contribution in [3.8, 4) is 0 Å². The molecule has 5 atom stereocenters. The van der Waals surface area contributed by atoms with Crippen molar-refractivity contribution in [1.29, 1.82) is 1.43 Å². The molecule has 2 bridgehead atoms. The van der Waals surface area contributed by atoms with Gasteiger partial charge >= 0.3 is 5.97 Å². The maximum Gasteiger partial charge on any atom is 0.316 e. The molecular weight excluding hydrogens is 278 g/mol. The van der Waals surface area contributed by atoms with Crippen LogP contribution >= 0.6 is 0 Å². The maximum absolute atomic E-state index is 12.9. The minimum atomic E-state index is -1.79. The zero-order valence-electron chi connectivity index (χ0n) is 16.1. The lowest BCUT2D eigenvalue weighted by Crippen LogP contribution is -2.44. The van der Waals surface area contributed by atoms with Crippen molar-refractivity contribution in [2.75, 3.05) is 7.05 Å². The highest BCUT2D eigenvalue weighted by Crippen LogP contribution is 2.36. The van der Waals surface area contributed by atoms with E-state index in [1.54, 1.807) is 24.3 Å². The highest BCUT2D eigenvalue weighted by Gasteiger charge is 2.40. The van der Waals surface area contributed by atoms with Gasteiger partial charge in [-0.1, -0.05) is 30.3 Å². The minimum Gasteiger partial charge on any atom is -0.462 e. The first-order valence-corrected chi connectivity index (χ1v) is 7.90. The molecule has 2 aliphatic heterocycles. The summed E-state index contributed by atoms with van der Waals surface area (Å²) >= 11 is 0. The largest absolute Gasteiger partial charge is 0.462 e. The van der Waals surface area contributed by atoms with Crippen molar-refractivity contribution in [1.82, 2.24) is 4.90 Å². The topological polar surface area (TPSA) is 49.8 Å². The van der Waals surface area contributed by atoms with E-state index in [1.807, 2.05) is 6.07 Å². The zero-order chi connectivity index (χ0) is 18.2. The number of hydrogen-bond donors (Lipinski definition) is 1. The fourth-order valence-electron chi connectivity index (χ4n) is 3.66. The van der Waals surface area contributed by atoms with E-state index in [0.29, 0.717) is 18.4 Å². The van der Waals surface area contributed by atoms with Crippen molar-refractivity contribution in [2.45, 2.75) is 62.8 Å². The predicted octanol–water partition coefficient (Wildman–Crippen LogP) is 2.32. The molecule has 4 nitrogen and oxygen atoms in total. The first-order chi connectivity index (χ1) is 11.8. The number of ether oxygens (including phenoxy) is 1. The van der Waals surface area contributed by atoms with Crippen LogP contribution in [0.2, 0.25) is 0 Å². The van der Waals surface area contributed by atoms with Gasteiger partial charge in [-0.05, 0) is 45.2 Å². The summed E-state index contributed by atoms with van der Waals surface area (Å²) in [5, 5.41) is 4.52. The van der Waals surface area contributed by atoms with Crippen molar-refractivity contribution in [2.24, 2.45) is 0 Å². The Hall–Kier alpha value is -1.39. The second-order valence-corrected chi connectivity index (χ2v) is 6.37. The molecule has 0 aromatic heterocycles. The molecule has 4 heteroatoms. The van der Waals surface area contributed by atoms with E-state index < -0.39 is 24.0 Å². The molecule has 2 fully saturated rings. The molecule has 0 amide bonds. The van der Waals surface area contributed by atoms with Crippen LogP contribution in [0.5, 0.6) is 0 Å². The number of carbonyl (C=O) groups is 1. The van der Waals surface area contributed by atoms with Gasteiger partial charge in [0.05, 0.1) is 8.82 Å². The van der Waals surface area contributed by atoms with Crippen molar-refractivity contribution in [3.63, 3.8) is 0 Å². The molecule has 1 aromatic carbocycles. The molecule has 0 radical (unpaired) electrons. The summed E-state index contributed by atoms with van der Waals surface area (Å²) in [5.41, 5.74) is 0.553. The van der Waals surface area contributed by atoms with Gasteiger partial charge in [0.15, 0.2) is 0 Å². The van der Waals surface area contributed by atoms with Gasteiger partial charge in [0.1, 0.15) is 12.0 Å². The Balaban J connectivity index is 1.82. The predicted molar refractivity (Wildman–Crippen MR) is 84.6 cm³/mol. The minimum absolute atomic E-state index is 0.258. The smallest absolute Gasteiger partial charge is 0.316 e. The molecule has 0 aliphatic carbocycles. The molecular formula is C18H25NO3. The first-order valence-electron chi connectivity index (χ1n) is 9.31. The Bertz CT molecular complexity index is 611. The average molecular weight is 306 g/mol. The second kappa shape index (κ2) is 6.39. The Labute approximate surface area is 136 Å². The van der Waals surface area contributed by atoms with E-state index in [1.165, 1.54) is 6.92 Å². The van der Waals surface area contributed by atoms with E-state index >= 15 is 0 Å². The van der Waals surface area contributed by atoms with Crippen LogP contribution in [0.3, 0.4) is 0 Å². The lowest BCUT2D eigenvalue weighted by atomic mass is 9.94. The third kappa shape index (κ3) is 3.03. The van der Waals surface area contributed by atoms with Crippen LogP contribution in [0.15, 0.2) is 30.3 Å². The van der Waals surface area contributed by atoms with Crippen LogP contribution in [0.4, 0.5) is 0 Å². The number of piperidine rings is 1. The summed E-state index contributed by atoms with van der Waals surface area (Å²) in [7, 11) is 2.06. The third-order valence-electron chi connectivity index (χ3n) is 4.93. The van der Waals surface area contributed by atoms with Gasteiger partial charge in [0, 0.05) is 12.1 Å². The molecule has 1 N–H and O–H groups in total. The van der Waals surface area contributed by atoms with Gasteiger partial charge in [-0.3, -0.25) is 4.79 Å². The number of benzene rings is 1. The second-order valence-electron chi connectivity index (χ2n) is 6.37. The summed E-state index contributed by atoms with van der Waals surface area (Å²) < 4.78 is 29.7. The third-order valence-corrected chi connectivity index (χ3v) is 4.93. The summed E-state index contributed by atoms with van der Waals surface area (Å²) in [6.45, 7) is 1.37. The number of fused-ring (bicyclic) bond motifs is 2. The average Bonchev–Trinajstić information content (AvgIpc) is 2.78. The normalized spacial score (nSPS) is 37.5. The highest BCUT2D eigenvalue weighted by atomic mass is 16.5. The van der Waals surface area contributed by atoms with Crippen LogP contribution in [0, 0.1) is 0 Å². The summed E-state index contributed by atoms with van der Waals surface area (Å²) in [4.78, 5) is 15.2. The Kier molecular flexibility index (Phi) is 3.51. The summed E-state index contributed by atoms with van der Waals surface area (Å²) in [6, 6.07) is 9.29. The molecule has 2 saturated heterocycles. The number of rotatable bonds is 5. The number of esters is 1. The molecule has 2 aliphatic rings. The molecule has 2 heterocycles. The van der Waals surface area contributed by atoms with Crippen LogP contribution < -0.4 is 0 Å². The zero-order valence-corrected chi connectivity index (χ0v) is 13.1. The van der Waals surface area contributed by atoms with Gasteiger partial charge in [0.2, 0.25) is 1.43 Å². The number of hydrogen-bond acceptors (Lipinski definition) is 4. The van der Waals surface area contributed by atoms with E-state index in [0.717, 1.165) is 12.8 Å². The van der Waals surface area contributed by atoms with Crippen molar-refractivity contribution >= 4 is 5.97 Å². The van der Waals surface area contributed by atoms with Crippen LogP contribution in [0.25, 0.3) is 0 Å². The fourth-order valence-corrected chi connectivity index (χ4v) is 3.66. The Morgan fingerprint density at radius 3 is 2.64 bits per heavy atom. The van der Waals surface area contributed by atoms with Gasteiger partial charge in [-0.25, -0.2) is 0 Å². The first kappa shape index (κ1) is 12.1. The lowest BCUT2D eigenvalue weighted by molar-refractivity contribution is -0.156. The lowest BCUT2D eigenvalue weighted by Gasteiger charge is -2.36. The van der Waals surface area contributed by atoms with E-state index in [9.17, 15) is 4.79 Å².